The number of aliphatic hydroxyl groups excluding tert-OH is 1. The van der Waals surface area contributed by atoms with Crippen molar-refractivity contribution >= 4 is 11.6 Å². The van der Waals surface area contributed by atoms with Crippen molar-refractivity contribution in [2.75, 3.05) is 6.61 Å². The smallest absolute Gasteiger partial charge is 0.0431 e. The first-order valence-electron chi connectivity index (χ1n) is 4.62. The third-order valence-electron chi connectivity index (χ3n) is 1.98. The predicted octanol–water partition coefficient (Wildman–Crippen LogP) is 2.61. The van der Waals surface area contributed by atoms with Gasteiger partial charge < -0.3 is 5.11 Å². The standard InChI is InChI=1S/C11H15ClO/c12-11(7-4-8-13)9-10-5-2-1-3-6-10/h1-3,5-6,11,13H,4,7-9H2. The highest BCUT2D eigenvalue weighted by Crippen LogP contribution is 2.12. The van der Waals surface area contributed by atoms with Crippen LogP contribution in [0.5, 0.6) is 0 Å². The Bertz CT molecular complexity index is 223. The number of aliphatic hydroxyl groups is 1. The van der Waals surface area contributed by atoms with Gasteiger partial charge in [0.1, 0.15) is 0 Å². The summed E-state index contributed by atoms with van der Waals surface area (Å²) in [5.41, 5.74) is 1.26. The molecule has 1 aromatic rings. The van der Waals surface area contributed by atoms with Gasteiger partial charge in [0.15, 0.2) is 0 Å². The third-order valence-corrected chi connectivity index (χ3v) is 2.35. The first kappa shape index (κ1) is 10.6. The number of benzene rings is 1. The van der Waals surface area contributed by atoms with E-state index in [0.717, 1.165) is 19.3 Å². The molecule has 1 rings (SSSR count). The van der Waals surface area contributed by atoms with E-state index in [2.05, 4.69) is 12.1 Å². The van der Waals surface area contributed by atoms with Gasteiger partial charge >= 0.3 is 0 Å². The highest BCUT2D eigenvalue weighted by atomic mass is 35.5. The number of rotatable bonds is 5. The number of halogens is 1. The minimum atomic E-state index is 0.148. The van der Waals surface area contributed by atoms with Crippen molar-refractivity contribution in [2.45, 2.75) is 24.6 Å². The Morgan fingerprint density at radius 3 is 2.54 bits per heavy atom. The molecule has 72 valence electrons. The fourth-order valence-corrected chi connectivity index (χ4v) is 1.62. The molecule has 0 heterocycles. The van der Waals surface area contributed by atoms with Crippen LogP contribution in [0.2, 0.25) is 0 Å². The Hall–Kier alpha value is -0.530. The largest absolute Gasteiger partial charge is 0.396 e. The van der Waals surface area contributed by atoms with Gasteiger partial charge in [0.05, 0.1) is 0 Å². The maximum absolute atomic E-state index is 8.62. The normalized spacial score (nSPS) is 12.8. The van der Waals surface area contributed by atoms with Crippen molar-refractivity contribution in [1.82, 2.24) is 0 Å². The van der Waals surface area contributed by atoms with Gasteiger partial charge in [0.2, 0.25) is 0 Å². The van der Waals surface area contributed by atoms with E-state index in [-0.39, 0.29) is 12.0 Å². The molecular weight excluding hydrogens is 184 g/mol. The van der Waals surface area contributed by atoms with Gasteiger partial charge in [-0.1, -0.05) is 30.3 Å². The molecule has 1 aromatic carbocycles. The highest BCUT2D eigenvalue weighted by molar-refractivity contribution is 6.20. The molecule has 1 atom stereocenters. The van der Waals surface area contributed by atoms with Crippen LogP contribution in [0, 0.1) is 0 Å². The van der Waals surface area contributed by atoms with E-state index in [0.29, 0.717) is 0 Å². The Balaban J connectivity index is 2.32. The minimum absolute atomic E-state index is 0.148. The molecule has 0 aromatic heterocycles. The molecular formula is C11H15ClO. The zero-order valence-electron chi connectivity index (χ0n) is 7.62. The second kappa shape index (κ2) is 6.01. The molecule has 1 N–H and O–H groups in total. The molecule has 0 bridgehead atoms. The lowest BCUT2D eigenvalue weighted by Gasteiger charge is -2.07. The van der Waals surface area contributed by atoms with Crippen molar-refractivity contribution in [3.8, 4) is 0 Å². The summed E-state index contributed by atoms with van der Waals surface area (Å²) < 4.78 is 0. The quantitative estimate of drug-likeness (QED) is 0.722. The summed E-state index contributed by atoms with van der Waals surface area (Å²) in [7, 11) is 0. The minimum Gasteiger partial charge on any atom is -0.396 e. The molecule has 13 heavy (non-hydrogen) atoms. The third kappa shape index (κ3) is 4.30. The lowest BCUT2D eigenvalue weighted by molar-refractivity contribution is 0.283. The molecule has 0 spiro atoms. The van der Waals surface area contributed by atoms with Gasteiger partial charge in [-0.2, -0.15) is 0 Å². The summed E-state index contributed by atoms with van der Waals surface area (Å²) in [6, 6.07) is 10.2. The van der Waals surface area contributed by atoms with Gasteiger partial charge in [-0.05, 0) is 24.8 Å². The van der Waals surface area contributed by atoms with E-state index < -0.39 is 0 Å². The molecule has 0 aliphatic rings. The van der Waals surface area contributed by atoms with Crippen molar-refractivity contribution in [3.63, 3.8) is 0 Å². The van der Waals surface area contributed by atoms with Gasteiger partial charge in [-0.3, -0.25) is 0 Å². The predicted molar refractivity (Wildman–Crippen MR) is 56.1 cm³/mol. The number of alkyl halides is 1. The van der Waals surface area contributed by atoms with Crippen LogP contribution >= 0.6 is 11.6 Å². The fraction of sp³-hybridized carbons (Fsp3) is 0.455. The summed E-state index contributed by atoms with van der Waals surface area (Å²) in [6.45, 7) is 0.234. The average Bonchev–Trinajstić information content (AvgIpc) is 2.16. The monoisotopic (exact) mass is 198 g/mol. The lowest BCUT2D eigenvalue weighted by atomic mass is 10.1. The van der Waals surface area contributed by atoms with Gasteiger partial charge in [0, 0.05) is 12.0 Å². The van der Waals surface area contributed by atoms with Crippen LogP contribution in [0.1, 0.15) is 18.4 Å². The first-order valence-corrected chi connectivity index (χ1v) is 5.05. The first-order chi connectivity index (χ1) is 6.33. The maximum Gasteiger partial charge on any atom is 0.0431 e. The second-order valence-corrected chi connectivity index (χ2v) is 3.77. The number of hydrogen-bond donors (Lipinski definition) is 1. The SMILES string of the molecule is OCCCC(Cl)Cc1ccccc1. The summed E-state index contributed by atoms with van der Waals surface area (Å²) in [5.74, 6) is 0. The fourth-order valence-electron chi connectivity index (χ4n) is 1.28. The molecule has 0 radical (unpaired) electrons. The Labute approximate surface area is 84.4 Å². The Morgan fingerprint density at radius 1 is 1.23 bits per heavy atom. The summed E-state index contributed by atoms with van der Waals surface area (Å²) in [6.07, 6.45) is 2.57. The number of hydrogen-bond acceptors (Lipinski definition) is 1. The van der Waals surface area contributed by atoms with E-state index in [1.165, 1.54) is 5.56 Å². The zero-order chi connectivity index (χ0) is 9.52. The van der Waals surface area contributed by atoms with Crippen LogP contribution in [0.25, 0.3) is 0 Å². The molecule has 0 fully saturated rings. The molecule has 1 nitrogen and oxygen atoms in total. The molecule has 0 aliphatic carbocycles. The van der Waals surface area contributed by atoms with E-state index >= 15 is 0 Å². The van der Waals surface area contributed by atoms with E-state index in [1.54, 1.807) is 0 Å². The summed E-state index contributed by atoms with van der Waals surface area (Å²) in [4.78, 5) is 0. The molecule has 0 aliphatic heterocycles. The Morgan fingerprint density at radius 2 is 1.92 bits per heavy atom. The molecule has 0 saturated carbocycles. The van der Waals surface area contributed by atoms with Crippen LogP contribution < -0.4 is 0 Å². The van der Waals surface area contributed by atoms with Gasteiger partial charge in [-0.15, -0.1) is 11.6 Å². The van der Waals surface area contributed by atoms with Crippen molar-refractivity contribution in [1.29, 1.82) is 0 Å². The topological polar surface area (TPSA) is 20.2 Å². The molecule has 2 heteroatoms. The molecule has 0 saturated heterocycles. The lowest BCUT2D eigenvalue weighted by Crippen LogP contribution is -2.04. The van der Waals surface area contributed by atoms with Crippen LogP contribution in [0.4, 0.5) is 0 Å². The van der Waals surface area contributed by atoms with Crippen molar-refractivity contribution < 1.29 is 5.11 Å². The van der Waals surface area contributed by atoms with E-state index in [4.69, 9.17) is 16.7 Å². The Kier molecular flexibility index (Phi) is 4.87. The van der Waals surface area contributed by atoms with Crippen molar-refractivity contribution in [2.24, 2.45) is 0 Å². The van der Waals surface area contributed by atoms with Gasteiger partial charge in [-0.25, -0.2) is 0 Å². The zero-order valence-corrected chi connectivity index (χ0v) is 8.37. The van der Waals surface area contributed by atoms with Crippen LogP contribution in [0.3, 0.4) is 0 Å². The van der Waals surface area contributed by atoms with E-state index in [9.17, 15) is 0 Å². The maximum atomic E-state index is 8.62. The van der Waals surface area contributed by atoms with Crippen LogP contribution in [0.15, 0.2) is 30.3 Å². The van der Waals surface area contributed by atoms with Gasteiger partial charge in [0.25, 0.3) is 0 Å². The van der Waals surface area contributed by atoms with Crippen LogP contribution in [-0.2, 0) is 6.42 Å². The molecule has 1 unspecified atom stereocenters. The second-order valence-electron chi connectivity index (χ2n) is 3.15. The van der Waals surface area contributed by atoms with Crippen molar-refractivity contribution in [3.05, 3.63) is 35.9 Å². The van der Waals surface area contributed by atoms with Crippen LogP contribution in [-0.4, -0.2) is 17.1 Å². The molecule has 0 amide bonds. The summed E-state index contributed by atoms with van der Waals surface area (Å²) in [5, 5.41) is 8.77. The highest BCUT2D eigenvalue weighted by Gasteiger charge is 2.04. The average molecular weight is 199 g/mol. The van der Waals surface area contributed by atoms with E-state index in [1.807, 2.05) is 18.2 Å². The summed E-state index contributed by atoms with van der Waals surface area (Å²) >= 11 is 6.08.